The molecule has 2 heterocycles. The van der Waals surface area contributed by atoms with E-state index in [0.717, 1.165) is 10.6 Å². The Morgan fingerprint density at radius 3 is 2.58 bits per heavy atom. The molecule has 0 fully saturated rings. The van der Waals surface area contributed by atoms with Gasteiger partial charge in [0, 0.05) is 18.0 Å². The van der Waals surface area contributed by atoms with Gasteiger partial charge in [0.1, 0.15) is 27.6 Å². The minimum Gasteiger partial charge on any atom is -0.506 e. The molecule has 24 heavy (non-hydrogen) atoms. The number of halogens is 2. The first-order valence-electron chi connectivity index (χ1n) is 6.76. The van der Waals surface area contributed by atoms with Crippen molar-refractivity contribution in [2.75, 3.05) is 0 Å². The molecule has 0 bridgehead atoms. The zero-order chi connectivity index (χ0) is 17.3. The Bertz CT molecular complexity index is 970. The van der Waals surface area contributed by atoms with Crippen LogP contribution >= 0.6 is 34.5 Å². The van der Waals surface area contributed by atoms with Gasteiger partial charge in [-0.25, -0.2) is 4.98 Å². The molecule has 0 saturated heterocycles. The first-order chi connectivity index (χ1) is 11.5. The predicted molar refractivity (Wildman–Crippen MR) is 95.8 cm³/mol. The Balaban J connectivity index is 2.10. The summed E-state index contributed by atoms with van der Waals surface area (Å²) in [6, 6.07) is 11.5. The third-order valence-electron chi connectivity index (χ3n) is 3.30. The van der Waals surface area contributed by atoms with Crippen molar-refractivity contribution < 1.29 is 5.11 Å². The molecule has 0 saturated carbocycles. The summed E-state index contributed by atoms with van der Waals surface area (Å²) in [5.41, 5.74) is 1.40. The van der Waals surface area contributed by atoms with Gasteiger partial charge in [0.05, 0.1) is 11.3 Å². The van der Waals surface area contributed by atoms with Crippen LogP contribution in [0.2, 0.25) is 10.3 Å². The van der Waals surface area contributed by atoms with Crippen LogP contribution in [-0.2, 0) is 7.05 Å². The molecule has 1 aromatic carbocycles. The lowest BCUT2D eigenvalue weighted by atomic mass is 10.1. The van der Waals surface area contributed by atoms with Crippen molar-refractivity contribution in [3.8, 4) is 16.6 Å². The van der Waals surface area contributed by atoms with E-state index in [2.05, 4.69) is 10.1 Å². The molecule has 0 amide bonds. The van der Waals surface area contributed by atoms with Gasteiger partial charge in [-0.05, 0) is 0 Å². The van der Waals surface area contributed by atoms with Gasteiger partial charge in [-0.15, -0.1) is 11.3 Å². The van der Waals surface area contributed by atoms with E-state index in [9.17, 15) is 10.4 Å². The topological polar surface area (TPSA) is 74.7 Å². The fourth-order valence-corrected chi connectivity index (χ4v) is 3.50. The molecule has 3 aromatic rings. The van der Waals surface area contributed by atoms with Crippen LogP contribution in [0.25, 0.3) is 21.9 Å². The average Bonchev–Trinajstić information content (AvgIpc) is 3.15. The van der Waals surface area contributed by atoms with Crippen LogP contribution in [0.4, 0.5) is 0 Å². The Kier molecular flexibility index (Phi) is 4.58. The van der Waals surface area contributed by atoms with Crippen molar-refractivity contribution in [3.63, 3.8) is 0 Å². The maximum atomic E-state index is 10.5. The van der Waals surface area contributed by atoms with E-state index in [-0.39, 0.29) is 27.2 Å². The number of hydrogen-bond acceptors (Lipinski definition) is 5. The predicted octanol–water partition coefficient (Wildman–Crippen LogP) is 4.80. The molecule has 0 atom stereocenters. The van der Waals surface area contributed by atoms with Crippen LogP contribution < -0.4 is 0 Å². The van der Waals surface area contributed by atoms with Gasteiger partial charge in [0.2, 0.25) is 0 Å². The molecule has 8 heteroatoms. The minimum absolute atomic E-state index is 0.00905. The number of allylic oxidation sites excluding steroid dienone is 1. The van der Waals surface area contributed by atoms with Gasteiger partial charge in [-0.1, -0.05) is 53.5 Å². The molecule has 0 radical (unpaired) electrons. The smallest absolute Gasteiger partial charge is 0.163 e. The number of nitrogens with zero attached hydrogens (tertiary/aromatic N) is 4. The van der Waals surface area contributed by atoms with E-state index in [4.69, 9.17) is 23.2 Å². The first-order valence-corrected chi connectivity index (χ1v) is 8.39. The number of thiazole rings is 1. The zero-order valence-electron chi connectivity index (χ0n) is 12.4. The van der Waals surface area contributed by atoms with Gasteiger partial charge >= 0.3 is 0 Å². The van der Waals surface area contributed by atoms with Crippen LogP contribution in [0.5, 0.6) is 0 Å². The number of aromatic nitrogens is 3. The van der Waals surface area contributed by atoms with Crippen LogP contribution in [0.3, 0.4) is 0 Å². The summed E-state index contributed by atoms with van der Waals surface area (Å²) in [5, 5.41) is 26.5. The summed E-state index contributed by atoms with van der Waals surface area (Å²) in [4.78, 5) is 4.43. The molecule has 0 spiro atoms. The monoisotopic (exact) mass is 376 g/mol. The Hall–Kier alpha value is -2.33. The fourth-order valence-electron chi connectivity index (χ4n) is 2.13. The second-order valence-electron chi connectivity index (χ2n) is 4.82. The first kappa shape index (κ1) is 16.5. The fraction of sp³-hybridized carbons (Fsp3) is 0.0625. The maximum absolute atomic E-state index is 10.5. The van der Waals surface area contributed by atoms with E-state index in [1.165, 1.54) is 16.0 Å². The summed E-state index contributed by atoms with van der Waals surface area (Å²) in [5.74, 6) is -0.342. The largest absolute Gasteiger partial charge is 0.506 e. The molecule has 0 aliphatic carbocycles. The minimum atomic E-state index is -0.342. The molecule has 1 N–H and O–H groups in total. The van der Waals surface area contributed by atoms with Crippen molar-refractivity contribution in [3.05, 3.63) is 57.3 Å². The molecule has 3 rings (SSSR count). The van der Waals surface area contributed by atoms with Crippen LogP contribution in [0.15, 0.2) is 35.7 Å². The van der Waals surface area contributed by atoms with E-state index in [0.29, 0.717) is 5.69 Å². The molecular formula is C16H10Cl2N4OS. The highest BCUT2D eigenvalue weighted by Gasteiger charge is 2.22. The lowest BCUT2D eigenvalue weighted by Gasteiger charge is -2.02. The number of rotatable bonds is 3. The molecular weight excluding hydrogens is 367 g/mol. The zero-order valence-corrected chi connectivity index (χ0v) is 14.7. The normalized spacial score (nSPS) is 11.9. The number of nitriles is 1. The van der Waals surface area contributed by atoms with Crippen molar-refractivity contribution in [1.29, 1.82) is 5.26 Å². The van der Waals surface area contributed by atoms with Crippen molar-refractivity contribution in [2.24, 2.45) is 7.05 Å². The van der Waals surface area contributed by atoms with Crippen LogP contribution in [-0.4, -0.2) is 19.9 Å². The van der Waals surface area contributed by atoms with Crippen LogP contribution in [0.1, 0.15) is 11.3 Å². The SMILES string of the molecule is Cn1nc(Cl)c(/C(O)=C(/C#N)c2csc(-c3ccccc3)n2)c1Cl. The average molecular weight is 377 g/mol. The summed E-state index contributed by atoms with van der Waals surface area (Å²) >= 11 is 13.5. The second kappa shape index (κ2) is 6.65. The highest BCUT2D eigenvalue weighted by molar-refractivity contribution is 7.13. The lowest BCUT2D eigenvalue weighted by Crippen LogP contribution is -1.93. The Morgan fingerprint density at radius 1 is 1.29 bits per heavy atom. The Labute approximate surface area is 152 Å². The van der Waals surface area contributed by atoms with Gasteiger partial charge in [-0.3, -0.25) is 4.68 Å². The summed E-state index contributed by atoms with van der Waals surface area (Å²) in [6.45, 7) is 0. The number of aliphatic hydroxyl groups excluding tert-OH is 1. The van der Waals surface area contributed by atoms with Gasteiger partial charge in [0.25, 0.3) is 0 Å². The molecule has 120 valence electrons. The van der Waals surface area contributed by atoms with Gasteiger partial charge in [-0.2, -0.15) is 10.4 Å². The molecule has 0 unspecified atom stereocenters. The Morgan fingerprint density at radius 2 is 2.00 bits per heavy atom. The third-order valence-corrected chi connectivity index (χ3v) is 4.89. The number of aryl methyl sites for hydroxylation is 1. The molecule has 2 aromatic heterocycles. The standard InChI is InChI=1S/C16H10Cl2N4OS/c1-22-15(18)12(14(17)21-22)13(23)10(7-19)11-8-24-16(20-11)9-5-3-2-4-6-9/h2-6,8,23H,1H3/b13-10+. The van der Waals surface area contributed by atoms with Crippen molar-refractivity contribution in [1.82, 2.24) is 14.8 Å². The van der Waals surface area contributed by atoms with Crippen molar-refractivity contribution >= 4 is 45.9 Å². The molecule has 0 aliphatic rings. The van der Waals surface area contributed by atoms with Gasteiger partial charge in [0.15, 0.2) is 5.15 Å². The maximum Gasteiger partial charge on any atom is 0.163 e. The van der Waals surface area contributed by atoms with E-state index in [1.54, 1.807) is 12.4 Å². The number of hydrogen-bond donors (Lipinski definition) is 1. The van der Waals surface area contributed by atoms with E-state index < -0.39 is 0 Å². The number of aliphatic hydroxyl groups is 1. The second-order valence-corrected chi connectivity index (χ2v) is 6.39. The van der Waals surface area contributed by atoms with E-state index in [1.807, 2.05) is 36.4 Å². The summed E-state index contributed by atoms with van der Waals surface area (Å²) in [7, 11) is 1.59. The highest BCUT2D eigenvalue weighted by Crippen LogP contribution is 2.34. The molecule has 0 aliphatic heterocycles. The lowest BCUT2D eigenvalue weighted by molar-refractivity contribution is 0.514. The van der Waals surface area contributed by atoms with Gasteiger partial charge < -0.3 is 5.11 Å². The molecule has 5 nitrogen and oxygen atoms in total. The quantitative estimate of drug-likeness (QED) is 0.526. The van der Waals surface area contributed by atoms with Crippen LogP contribution in [0, 0.1) is 11.3 Å². The summed E-state index contributed by atoms with van der Waals surface area (Å²) < 4.78 is 1.32. The summed E-state index contributed by atoms with van der Waals surface area (Å²) in [6.07, 6.45) is 0. The highest BCUT2D eigenvalue weighted by atomic mass is 35.5. The van der Waals surface area contributed by atoms with Crippen molar-refractivity contribution in [2.45, 2.75) is 0 Å². The van der Waals surface area contributed by atoms with E-state index >= 15 is 0 Å². The number of benzene rings is 1. The third kappa shape index (κ3) is 2.89.